The second-order valence-electron chi connectivity index (χ2n) is 6.78. The highest BCUT2D eigenvalue weighted by Gasteiger charge is 2.18. The van der Waals surface area contributed by atoms with Gasteiger partial charge in [-0.25, -0.2) is 4.39 Å². The lowest BCUT2D eigenvalue weighted by molar-refractivity contribution is 0.381. The van der Waals surface area contributed by atoms with E-state index in [1.807, 2.05) is 30.3 Å². The highest BCUT2D eigenvalue weighted by Crippen LogP contribution is 2.16. The molecule has 150 valence electrons. The molecular formula is C20H23FN8. The van der Waals surface area contributed by atoms with Gasteiger partial charge in [-0.05, 0) is 46.8 Å². The molecule has 2 N–H and O–H groups in total. The third-order valence-corrected chi connectivity index (χ3v) is 4.94. The van der Waals surface area contributed by atoms with Crippen LogP contribution in [0.15, 0.2) is 59.6 Å². The molecule has 0 aliphatic carbocycles. The first-order chi connectivity index (χ1) is 14.2. The largest absolute Gasteiger partial charge is 0.370 e. The summed E-state index contributed by atoms with van der Waals surface area (Å²) in [6.07, 6.45) is 0.595. The topological polar surface area (TPSA) is 88.5 Å². The quantitative estimate of drug-likeness (QED) is 0.521. The number of piperazine rings is 1. The molecule has 29 heavy (non-hydrogen) atoms. The summed E-state index contributed by atoms with van der Waals surface area (Å²) in [5.74, 6) is 1.05. The molecule has 4 rings (SSSR count). The third kappa shape index (κ3) is 4.50. The molecule has 0 atom stereocenters. The number of hydrogen-bond donors (Lipinski definition) is 1. The molecule has 0 radical (unpaired) electrons. The van der Waals surface area contributed by atoms with Crippen LogP contribution < -0.4 is 10.6 Å². The van der Waals surface area contributed by atoms with Crippen LogP contribution in [0.25, 0.3) is 5.69 Å². The monoisotopic (exact) mass is 394 g/mol. The minimum Gasteiger partial charge on any atom is -0.370 e. The summed E-state index contributed by atoms with van der Waals surface area (Å²) in [5.41, 5.74) is 8.13. The van der Waals surface area contributed by atoms with Gasteiger partial charge in [0.2, 0.25) is 0 Å². The summed E-state index contributed by atoms with van der Waals surface area (Å²) in [7, 11) is 0. The molecule has 2 aromatic carbocycles. The molecule has 0 spiro atoms. The van der Waals surface area contributed by atoms with Crippen molar-refractivity contribution in [3.05, 3.63) is 66.2 Å². The van der Waals surface area contributed by atoms with Gasteiger partial charge in [0, 0.05) is 44.8 Å². The van der Waals surface area contributed by atoms with Crippen molar-refractivity contribution in [1.82, 2.24) is 25.1 Å². The zero-order chi connectivity index (χ0) is 20.1. The van der Waals surface area contributed by atoms with Gasteiger partial charge in [0.25, 0.3) is 0 Å². The Morgan fingerprint density at radius 1 is 0.966 bits per heavy atom. The van der Waals surface area contributed by atoms with Crippen LogP contribution in [0, 0.1) is 5.82 Å². The summed E-state index contributed by atoms with van der Waals surface area (Å²) >= 11 is 0. The predicted molar refractivity (Wildman–Crippen MR) is 110 cm³/mol. The standard InChI is InChI=1S/C20H23FN8/c21-16-6-8-17(9-7-16)27-12-14-28(15-13-27)20(22)23-11-10-19-24-25-26-29(19)18-4-2-1-3-5-18/h1-9H,10-15H2,(H2,22,23). The van der Waals surface area contributed by atoms with Gasteiger partial charge < -0.3 is 15.5 Å². The zero-order valence-electron chi connectivity index (χ0n) is 16.0. The number of aliphatic imine (C=N–C) groups is 1. The van der Waals surface area contributed by atoms with E-state index in [0.717, 1.165) is 43.4 Å². The van der Waals surface area contributed by atoms with Crippen molar-refractivity contribution in [2.45, 2.75) is 6.42 Å². The van der Waals surface area contributed by atoms with Gasteiger partial charge in [0.1, 0.15) is 5.82 Å². The average molecular weight is 394 g/mol. The van der Waals surface area contributed by atoms with Gasteiger partial charge in [-0.15, -0.1) is 5.10 Å². The maximum Gasteiger partial charge on any atom is 0.191 e. The zero-order valence-corrected chi connectivity index (χ0v) is 16.0. The van der Waals surface area contributed by atoms with Crippen molar-refractivity contribution >= 4 is 11.6 Å². The molecule has 0 amide bonds. The van der Waals surface area contributed by atoms with Crippen LogP contribution in [0.4, 0.5) is 10.1 Å². The maximum atomic E-state index is 13.1. The number of aromatic nitrogens is 4. The fraction of sp³-hybridized carbons (Fsp3) is 0.300. The molecule has 8 nitrogen and oxygen atoms in total. The van der Waals surface area contributed by atoms with Gasteiger partial charge in [0.15, 0.2) is 11.8 Å². The molecule has 1 aliphatic heterocycles. The number of guanidine groups is 1. The lowest BCUT2D eigenvalue weighted by Crippen LogP contribution is -2.51. The Morgan fingerprint density at radius 2 is 1.69 bits per heavy atom. The molecule has 1 aliphatic rings. The van der Waals surface area contributed by atoms with E-state index in [0.29, 0.717) is 18.9 Å². The summed E-state index contributed by atoms with van der Waals surface area (Å²) in [6.45, 7) is 3.68. The van der Waals surface area contributed by atoms with E-state index in [4.69, 9.17) is 5.73 Å². The van der Waals surface area contributed by atoms with Crippen molar-refractivity contribution < 1.29 is 4.39 Å². The van der Waals surface area contributed by atoms with E-state index in [1.165, 1.54) is 12.1 Å². The van der Waals surface area contributed by atoms with Crippen molar-refractivity contribution in [2.24, 2.45) is 10.7 Å². The Hall–Kier alpha value is -3.49. The van der Waals surface area contributed by atoms with Gasteiger partial charge >= 0.3 is 0 Å². The molecule has 0 bridgehead atoms. The van der Waals surface area contributed by atoms with E-state index < -0.39 is 0 Å². The molecule has 2 heterocycles. The van der Waals surface area contributed by atoms with Crippen LogP contribution in [0.2, 0.25) is 0 Å². The van der Waals surface area contributed by atoms with E-state index in [9.17, 15) is 4.39 Å². The van der Waals surface area contributed by atoms with Crippen LogP contribution in [0.1, 0.15) is 5.82 Å². The minimum absolute atomic E-state index is 0.220. The number of nitrogens with zero attached hydrogens (tertiary/aromatic N) is 7. The van der Waals surface area contributed by atoms with E-state index >= 15 is 0 Å². The summed E-state index contributed by atoms with van der Waals surface area (Å²) in [4.78, 5) is 8.80. The van der Waals surface area contributed by atoms with Gasteiger partial charge in [-0.1, -0.05) is 18.2 Å². The molecule has 0 unspecified atom stereocenters. The molecule has 1 saturated heterocycles. The molecular weight excluding hydrogens is 371 g/mol. The van der Waals surface area contributed by atoms with Crippen LogP contribution >= 0.6 is 0 Å². The van der Waals surface area contributed by atoms with Crippen LogP contribution in [-0.2, 0) is 6.42 Å². The fourth-order valence-corrected chi connectivity index (χ4v) is 3.35. The van der Waals surface area contributed by atoms with Crippen molar-refractivity contribution in [1.29, 1.82) is 0 Å². The van der Waals surface area contributed by atoms with E-state index in [-0.39, 0.29) is 5.82 Å². The molecule has 3 aromatic rings. The van der Waals surface area contributed by atoms with Gasteiger partial charge in [-0.3, -0.25) is 4.99 Å². The summed E-state index contributed by atoms with van der Waals surface area (Å²) in [5, 5.41) is 11.9. The summed E-state index contributed by atoms with van der Waals surface area (Å²) < 4.78 is 14.8. The molecule has 9 heteroatoms. The smallest absolute Gasteiger partial charge is 0.191 e. The maximum absolute atomic E-state index is 13.1. The molecule has 1 aromatic heterocycles. The SMILES string of the molecule is NC(=NCCc1nnnn1-c1ccccc1)N1CCN(c2ccc(F)cc2)CC1. The number of rotatable bonds is 5. The van der Waals surface area contributed by atoms with Crippen LogP contribution in [0.5, 0.6) is 0 Å². The lowest BCUT2D eigenvalue weighted by atomic mass is 10.2. The average Bonchev–Trinajstić information content (AvgIpc) is 3.23. The Kier molecular flexibility index (Phi) is 5.64. The van der Waals surface area contributed by atoms with Crippen LogP contribution in [0.3, 0.4) is 0 Å². The lowest BCUT2D eigenvalue weighted by Gasteiger charge is -2.36. The van der Waals surface area contributed by atoms with Gasteiger partial charge in [-0.2, -0.15) is 4.68 Å². The molecule has 0 saturated carbocycles. The first-order valence-electron chi connectivity index (χ1n) is 9.59. The van der Waals surface area contributed by atoms with Crippen LogP contribution in [-0.4, -0.2) is 63.8 Å². The number of nitrogens with two attached hydrogens (primary N) is 1. The fourth-order valence-electron chi connectivity index (χ4n) is 3.35. The summed E-state index contributed by atoms with van der Waals surface area (Å²) in [6, 6.07) is 16.3. The van der Waals surface area contributed by atoms with E-state index in [2.05, 4.69) is 30.3 Å². The number of anilines is 1. The first kappa shape index (κ1) is 18.9. The number of benzene rings is 2. The normalized spacial score (nSPS) is 15.0. The third-order valence-electron chi connectivity index (χ3n) is 4.94. The Morgan fingerprint density at radius 3 is 2.41 bits per heavy atom. The number of hydrogen-bond acceptors (Lipinski definition) is 5. The Bertz CT molecular complexity index is 946. The molecule has 1 fully saturated rings. The second kappa shape index (κ2) is 8.68. The Labute approximate surface area is 168 Å². The van der Waals surface area contributed by atoms with Crippen molar-refractivity contribution in [2.75, 3.05) is 37.6 Å². The predicted octanol–water partition coefficient (Wildman–Crippen LogP) is 1.48. The second-order valence-corrected chi connectivity index (χ2v) is 6.78. The number of halogens is 1. The minimum atomic E-state index is -0.220. The first-order valence-corrected chi connectivity index (χ1v) is 9.59. The van der Waals surface area contributed by atoms with Crippen molar-refractivity contribution in [3.63, 3.8) is 0 Å². The van der Waals surface area contributed by atoms with E-state index in [1.54, 1.807) is 16.8 Å². The number of tetrazole rings is 1. The van der Waals surface area contributed by atoms with Crippen molar-refractivity contribution in [3.8, 4) is 5.69 Å². The Balaban J connectivity index is 1.30. The number of para-hydroxylation sites is 1. The van der Waals surface area contributed by atoms with Gasteiger partial charge in [0.05, 0.1) is 5.69 Å². The highest BCUT2D eigenvalue weighted by molar-refractivity contribution is 5.78. The highest BCUT2D eigenvalue weighted by atomic mass is 19.1.